The smallest absolute Gasteiger partial charge is 0.334 e. The predicted octanol–water partition coefficient (Wildman–Crippen LogP) is 3.17. The minimum Gasteiger partial charge on any atom is -0.512 e. The summed E-state index contributed by atoms with van der Waals surface area (Å²) in [7, 11) is 0. The third kappa shape index (κ3) is 2.97. The number of cyclic esters (lactones) is 1. The van der Waals surface area contributed by atoms with Crippen LogP contribution in [0.2, 0.25) is 0 Å². The molecule has 1 atom stereocenters. The van der Waals surface area contributed by atoms with Crippen LogP contribution in [-0.2, 0) is 16.0 Å². The van der Waals surface area contributed by atoms with Crippen molar-refractivity contribution in [2.45, 2.75) is 45.6 Å². The highest BCUT2D eigenvalue weighted by atomic mass is 32.1. The molecule has 0 saturated carbocycles. The number of thiazole rings is 1. The topological polar surface area (TPSA) is 59.4 Å². The van der Waals surface area contributed by atoms with Crippen molar-refractivity contribution >= 4 is 17.3 Å². The number of esters is 1. The summed E-state index contributed by atoms with van der Waals surface area (Å²) in [6.07, 6.45) is 3.08. The molecule has 0 aliphatic carbocycles. The fourth-order valence-electron chi connectivity index (χ4n) is 2.40. The van der Waals surface area contributed by atoms with Gasteiger partial charge in [-0.3, -0.25) is 0 Å². The van der Waals surface area contributed by atoms with Gasteiger partial charge in [0.05, 0.1) is 17.3 Å². The van der Waals surface area contributed by atoms with Crippen LogP contribution in [0, 0.1) is 12.8 Å². The number of carbonyl (C=O) groups is 1. The molecule has 0 amide bonds. The Hall–Kier alpha value is -1.36. The van der Waals surface area contributed by atoms with Gasteiger partial charge in [0.15, 0.2) is 0 Å². The van der Waals surface area contributed by atoms with Gasteiger partial charge in [-0.2, -0.15) is 0 Å². The Labute approximate surface area is 117 Å². The largest absolute Gasteiger partial charge is 0.512 e. The molecule has 1 unspecified atom stereocenters. The highest BCUT2D eigenvalue weighted by molar-refractivity contribution is 7.09. The van der Waals surface area contributed by atoms with Crippen molar-refractivity contribution in [1.82, 2.24) is 4.98 Å². The van der Waals surface area contributed by atoms with Crippen LogP contribution in [-0.4, -0.2) is 21.7 Å². The average molecular weight is 281 g/mol. The molecule has 0 spiro atoms. The number of nitrogens with zero attached hydrogens (tertiary/aromatic N) is 1. The lowest BCUT2D eigenvalue weighted by molar-refractivity contribution is -0.163. The zero-order valence-corrected chi connectivity index (χ0v) is 12.3. The first-order valence-corrected chi connectivity index (χ1v) is 7.32. The van der Waals surface area contributed by atoms with E-state index in [0.29, 0.717) is 12.8 Å². The molecule has 104 valence electrons. The highest BCUT2D eigenvalue weighted by Gasteiger charge is 2.41. The van der Waals surface area contributed by atoms with Crippen LogP contribution < -0.4 is 0 Å². The average Bonchev–Trinajstić information content (AvgIpc) is 2.71. The van der Waals surface area contributed by atoms with Crippen molar-refractivity contribution in [2.75, 3.05) is 0 Å². The normalized spacial score (nSPS) is 23.4. The Bertz CT molecular complexity index is 507. The van der Waals surface area contributed by atoms with E-state index in [4.69, 9.17) is 4.74 Å². The molecule has 1 aliphatic rings. The highest BCUT2D eigenvalue weighted by Crippen LogP contribution is 2.37. The van der Waals surface area contributed by atoms with E-state index in [2.05, 4.69) is 4.98 Å². The Morgan fingerprint density at radius 3 is 2.84 bits per heavy atom. The number of hydrogen-bond acceptors (Lipinski definition) is 5. The summed E-state index contributed by atoms with van der Waals surface area (Å²) in [5.74, 6) is -0.176. The summed E-state index contributed by atoms with van der Waals surface area (Å²) < 4.78 is 5.55. The molecule has 0 aromatic carbocycles. The standard InChI is InChI=1S/C14H19NO3S/c1-9(2)14(7-11(16)6-13(17)18-14)5-4-12-10(3)15-8-19-12/h6,8-9,16H,4-5,7H2,1-3H3. The molecule has 1 N–H and O–H groups in total. The van der Waals surface area contributed by atoms with E-state index >= 15 is 0 Å². The Morgan fingerprint density at radius 1 is 1.58 bits per heavy atom. The minimum atomic E-state index is -0.605. The van der Waals surface area contributed by atoms with Crippen LogP contribution in [0.1, 0.15) is 37.3 Å². The van der Waals surface area contributed by atoms with Gasteiger partial charge in [-0.15, -0.1) is 11.3 Å². The molecule has 2 rings (SSSR count). The van der Waals surface area contributed by atoms with Crippen LogP contribution in [0.25, 0.3) is 0 Å². The molecule has 1 aromatic rings. The fourth-order valence-corrected chi connectivity index (χ4v) is 3.18. The summed E-state index contributed by atoms with van der Waals surface area (Å²) in [6, 6.07) is 0. The zero-order valence-electron chi connectivity index (χ0n) is 11.5. The van der Waals surface area contributed by atoms with Gasteiger partial charge in [-0.1, -0.05) is 13.8 Å². The number of aromatic nitrogens is 1. The molecule has 0 saturated heterocycles. The number of rotatable bonds is 4. The number of aliphatic hydroxyl groups is 1. The molecule has 19 heavy (non-hydrogen) atoms. The van der Waals surface area contributed by atoms with E-state index in [1.54, 1.807) is 11.3 Å². The van der Waals surface area contributed by atoms with E-state index in [-0.39, 0.29) is 11.7 Å². The Morgan fingerprint density at radius 2 is 2.32 bits per heavy atom. The molecular weight excluding hydrogens is 262 g/mol. The second kappa shape index (κ2) is 5.33. The second-order valence-corrected chi connectivity index (χ2v) is 6.25. The molecule has 0 fully saturated rings. The summed E-state index contributed by atoms with van der Waals surface area (Å²) >= 11 is 1.62. The number of aliphatic hydroxyl groups excluding tert-OH is 1. The maximum atomic E-state index is 11.6. The monoisotopic (exact) mass is 281 g/mol. The molecule has 5 heteroatoms. The van der Waals surface area contributed by atoms with E-state index in [0.717, 1.165) is 12.1 Å². The Kier molecular flexibility index (Phi) is 3.94. The van der Waals surface area contributed by atoms with Crippen LogP contribution in [0.3, 0.4) is 0 Å². The van der Waals surface area contributed by atoms with E-state index in [1.807, 2.05) is 26.3 Å². The third-order valence-electron chi connectivity index (χ3n) is 3.74. The molecule has 0 bridgehead atoms. The summed E-state index contributed by atoms with van der Waals surface area (Å²) in [6.45, 7) is 6.02. The molecule has 1 aliphatic heterocycles. The maximum Gasteiger partial charge on any atom is 0.334 e. The minimum absolute atomic E-state index is 0.117. The summed E-state index contributed by atoms with van der Waals surface area (Å²) in [5.41, 5.74) is 2.26. The lowest BCUT2D eigenvalue weighted by atomic mass is 9.80. The van der Waals surface area contributed by atoms with Gasteiger partial charge in [0, 0.05) is 11.3 Å². The third-order valence-corrected chi connectivity index (χ3v) is 4.74. The van der Waals surface area contributed by atoms with Gasteiger partial charge in [0.25, 0.3) is 0 Å². The zero-order chi connectivity index (χ0) is 14.0. The number of hydrogen-bond donors (Lipinski definition) is 1. The van der Waals surface area contributed by atoms with Crippen molar-refractivity contribution in [3.63, 3.8) is 0 Å². The number of ether oxygens (including phenoxy) is 1. The van der Waals surface area contributed by atoms with Crippen molar-refractivity contribution in [3.8, 4) is 0 Å². The van der Waals surface area contributed by atoms with Crippen LogP contribution in [0.4, 0.5) is 0 Å². The molecule has 0 radical (unpaired) electrons. The first kappa shape index (κ1) is 14.1. The Balaban J connectivity index is 2.15. The lowest BCUT2D eigenvalue weighted by Gasteiger charge is -2.38. The lowest BCUT2D eigenvalue weighted by Crippen LogP contribution is -2.43. The molecular formula is C14H19NO3S. The molecule has 4 nitrogen and oxygen atoms in total. The maximum absolute atomic E-state index is 11.6. The quantitative estimate of drug-likeness (QED) is 0.861. The van der Waals surface area contributed by atoms with Gasteiger partial charge >= 0.3 is 5.97 Å². The van der Waals surface area contributed by atoms with Crippen LogP contribution in [0.15, 0.2) is 17.3 Å². The summed E-state index contributed by atoms with van der Waals surface area (Å²) in [4.78, 5) is 17.0. The number of carbonyl (C=O) groups excluding carboxylic acids is 1. The van der Waals surface area contributed by atoms with Gasteiger partial charge in [-0.25, -0.2) is 9.78 Å². The molecule has 1 aromatic heterocycles. The van der Waals surface area contributed by atoms with Gasteiger partial charge in [0.2, 0.25) is 0 Å². The van der Waals surface area contributed by atoms with Gasteiger partial charge in [0.1, 0.15) is 11.4 Å². The van der Waals surface area contributed by atoms with E-state index in [1.165, 1.54) is 11.0 Å². The SMILES string of the molecule is Cc1ncsc1CCC1(C(C)C)CC(O)=CC(=O)O1. The van der Waals surface area contributed by atoms with Crippen molar-refractivity contribution < 1.29 is 14.6 Å². The summed E-state index contributed by atoms with van der Waals surface area (Å²) in [5, 5.41) is 9.73. The second-order valence-electron chi connectivity index (χ2n) is 5.31. The van der Waals surface area contributed by atoms with Gasteiger partial charge in [-0.05, 0) is 25.7 Å². The fraction of sp³-hybridized carbons (Fsp3) is 0.571. The van der Waals surface area contributed by atoms with E-state index in [9.17, 15) is 9.90 Å². The molecule has 2 heterocycles. The first-order chi connectivity index (χ1) is 8.93. The predicted molar refractivity (Wildman–Crippen MR) is 74.2 cm³/mol. The van der Waals surface area contributed by atoms with Crippen molar-refractivity contribution in [1.29, 1.82) is 0 Å². The van der Waals surface area contributed by atoms with Gasteiger partial charge < -0.3 is 9.84 Å². The van der Waals surface area contributed by atoms with E-state index < -0.39 is 11.6 Å². The van der Waals surface area contributed by atoms with Crippen LogP contribution in [0.5, 0.6) is 0 Å². The number of aryl methyl sites for hydroxylation is 2. The van der Waals surface area contributed by atoms with Crippen LogP contribution >= 0.6 is 11.3 Å². The van der Waals surface area contributed by atoms with Crippen molar-refractivity contribution in [2.24, 2.45) is 5.92 Å². The first-order valence-electron chi connectivity index (χ1n) is 6.44. The van der Waals surface area contributed by atoms with Crippen molar-refractivity contribution in [3.05, 3.63) is 27.9 Å².